The highest BCUT2D eigenvalue weighted by molar-refractivity contribution is 9.10. The first-order valence-electron chi connectivity index (χ1n) is 6.49. The van der Waals surface area contributed by atoms with E-state index < -0.39 is 0 Å². The molecule has 2 aromatic carbocycles. The number of methoxy groups -OCH3 is 1. The smallest absolute Gasteiger partial charge is 0.122 e. The normalized spacial score (nSPS) is 12.2. The van der Waals surface area contributed by atoms with E-state index in [1.807, 2.05) is 37.4 Å². The Morgan fingerprint density at radius 1 is 1.14 bits per heavy atom. The van der Waals surface area contributed by atoms with Gasteiger partial charge in [-0.1, -0.05) is 45.2 Å². The Morgan fingerprint density at radius 3 is 2.52 bits per heavy atom. The van der Waals surface area contributed by atoms with Crippen molar-refractivity contribution in [2.45, 2.75) is 12.5 Å². The van der Waals surface area contributed by atoms with Gasteiger partial charge in [-0.15, -0.1) is 0 Å². The van der Waals surface area contributed by atoms with E-state index in [1.165, 1.54) is 0 Å². The molecule has 2 rings (SSSR count). The third-order valence-electron chi connectivity index (χ3n) is 3.36. The standard InChI is InChI=1S/C16H16BrCl2NO/c1-20-15(10-3-5-13(18)14(19)8-10)9-11-7-12(17)4-6-16(11)21-2/h3-8,15,20H,9H2,1-2H3. The maximum atomic E-state index is 6.11. The summed E-state index contributed by atoms with van der Waals surface area (Å²) >= 11 is 15.6. The van der Waals surface area contributed by atoms with Crippen LogP contribution in [0.3, 0.4) is 0 Å². The molecule has 5 heteroatoms. The van der Waals surface area contributed by atoms with E-state index >= 15 is 0 Å². The first-order valence-corrected chi connectivity index (χ1v) is 8.04. The maximum Gasteiger partial charge on any atom is 0.122 e. The summed E-state index contributed by atoms with van der Waals surface area (Å²) in [4.78, 5) is 0. The highest BCUT2D eigenvalue weighted by atomic mass is 79.9. The van der Waals surface area contributed by atoms with Crippen molar-refractivity contribution in [1.82, 2.24) is 5.32 Å². The second-order valence-corrected chi connectivity index (χ2v) is 6.41. The molecule has 0 aromatic heterocycles. The zero-order valence-corrected chi connectivity index (χ0v) is 14.9. The van der Waals surface area contributed by atoms with Crippen LogP contribution in [-0.4, -0.2) is 14.2 Å². The lowest BCUT2D eigenvalue weighted by molar-refractivity contribution is 0.406. The molecular weight excluding hydrogens is 373 g/mol. The van der Waals surface area contributed by atoms with Gasteiger partial charge in [-0.2, -0.15) is 0 Å². The first-order chi connectivity index (χ1) is 10.0. The molecule has 0 aliphatic carbocycles. The molecule has 0 spiro atoms. The van der Waals surface area contributed by atoms with E-state index in [-0.39, 0.29) is 6.04 Å². The van der Waals surface area contributed by atoms with Gasteiger partial charge in [0, 0.05) is 10.5 Å². The van der Waals surface area contributed by atoms with E-state index in [0.717, 1.165) is 27.8 Å². The first kappa shape index (κ1) is 16.6. The molecule has 112 valence electrons. The van der Waals surface area contributed by atoms with Crippen LogP contribution in [0.1, 0.15) is 17.2 Å². The van der Waals surface area contributed by atoms with Gasteiger partial charge >= 0.3 is 0 Å². The molecule has 0 saturated carbocycles. The van der Waals surface area contributed by atoms with Crippen LogP contribution in [0.15, 0.2) is 40.9 Å². The van der Waals surface area contributed by atoms with E-state index in [4.69, 9.17) is 27.9 Å². The second kappa shape index (κ2) is 7.50. The lowest BCUT2D eigenvalue weighted by atomic mass is 9.98. The Balaban J connectivity index is 2.30. The summed E-state index contributed by atoms with van der Waals surface area (Å²) in [5.74, 6) is 0.874. The predicted molar refractivity (Wildman–Crippen MR) is 92.7 cm³/mol. The molecule has 0 aliphatic heterocycles. The van der Waals surface area contributed by atoms with E-state index in [1.54, 1.807) is 7.11 Å². The van der Waals surface area contributed by atoms with Crippen LogP contribution in [0.4, 0.5) is 0 Å². The Morgan fingerprint density at radius 2 is 1.90 bits per heavy atom. The average Bonchev–Trinajstić information content (AvgIpc) is 2.48. The van der Waals surface area contributed by atoms with Gasteiger partial charge in [-0.05, 0) is 54.9 Å². The van der Waals surface area contributed by atoms with Gasteiger partial charge < -0.3 is 10.1 Å². The van der Waals surface area contributed by atoms with Gasteiger partial charge in [-0.25, -0.2) is 0 Å². The molecule has 1 unspecified atom stereocenters. The Hall–Kier alpha value is -0.740. The van der Waals surface area contributed by atoms with Crippen molar-refractivity contribution in [2.75, 3.05) is 14.2 Å². The minimum atomic E-state index is 0.128. The fraction of sp³-hybridized carbons (Fsp3) is 0.250. The van der Waals surface area contributed by atoms with Gasteiger partial charge in [0.2, 0.25) is 0 Å². The van der Waals surface area contributed by atoms with Crippen molar-refractivity contribution in [3.05, 3.63) is 62.0 Å². The Labute approximate surface area is 143 Å². The third kappa shape index (κ3) is 4.13. The SMILES string of the molecule is CNC(Cc1cc(Br)ccc1OC)c1ccc(Cl)c(Cl)c1. The molecular formula is C16H16BrCl2NO. The van der Waals surface area contributed by atoms with Crippen LogP contribution in [0.25, 0.3) is 0 Å². The van der Waals surface area contributed by atoms with Crippen molar-refractivity contribution in [2.24, 2.45) is 0 Å². The number of rotatable bonds is 5. The van der Waals surface area contributed by atoms with E-state index in [9.17, 15) is 0 Å². The summed E-state index contributed by atoms with van der Waals surface area (Å²) in [5.41, 5.74) is 2.21. The lowest BCUT2D eigenvalue weighted by Gasteiger charge is -2.19. The molecule has 1 atom stereocenters. The molecule has 0 fully saturated rings. The lowest BCUT2D eigenvalue weighted by Crippen LogP contribution is -2.19. The monoisotopic (exact) mass is 387 g/mol. The molecule has 2 nitrogen and oxygen atoms in total. The third-order valence-corrected chi connectivity index (χ3v) is 4.59. The zero-order chi connectivity index (χ0) is 15.4. The van der Waals surface area contributed by atoms with Gasteiger partial charge in [0.15, 0.2) is 0 Å². The van der Waals surface area contributed by atoms with Crippen LogP contribution in [-0.2, 0) is 6.42 Å². The summed E-state index contributed by atoms with van der Waals surface area (Å²) in [5, 5.41) is 4.44. The second-order valence-electron chi connectivity index (χ2n) is 4.68. The fourth-order valence-corrected chi connectivity index (χ4v) is 2.96. The van der Waals surface area contributed by atoms with Crippen LogP contribution >= 0.6 is 39.1 Å². The summed E-state index contributed by atoms with van der Waals surface area (Å²) in [7, 11) is 3.61. The molecule has 0 heterocycles. The zero-order valence-electron chi connectivity index (χ0n) is 11.8. The van der Waals surface area contributed by atoms with Crippen LogP contribution in [0.2, 0.25) is 10.0 Å². The van der Waals surface area contributed by atoms with Crippen molar-refractivity contribution in [3.63, 3.8) is 0 Å². The number of ether oxygens (including phenoxy) is 1. The van der Waals surface area contributed by atoms with Crippen molar-refractivity contribution in [3.8, 4) is 5.75 Å². The van der Waals surface area contributed by atoms with E-state index in [0.29, 0.717) is 10.0 Å². The van der Waals surface area contributed by atoms with E-state index in [2.05, 4.69) is 27.3 Å². The summed E-state index contributed by atoms with van der Waals surface area (Å²) < 4.78 is 6.46. The van der Waals surface area contributed by atoms with Gasteiger partial charge in [0.05, 0.1) is 17.2 Å². The van der Waals surface area contributed by atoms with Gasteiger partial charge in [0.1, 0.15) is 5.75 Å². The number of hydrogen-bond acceptors (Lipinski definition) is 2. The molecule has 0 bridgehead atoms. The summed E-state index contributed by atoms with van der Waals surface area (Å²) in [6.45, 7) is 0. The predicted octanol–water partition coefficient (Wildman–Crippen LogP) is 5.27. The molecule has 0 radical (unpaired) electrons. The topological polar surface area (TPSA) is 21.3 Å². The number of nitrogens with one attached hydrogen (secondary N) is 1. The fourth-order valence-electron chi connectivity index (χ4n) is 2.24. The minimum Gasteiger partial charge on any atom is -0.496 e. The number of likely N-dealkylation sites (N-methyl/N-ethyl adjacent to an activating group) is 1. The van der Waals surface area contributed by atoms with Crippen LogP contribution in [0, 0.1) is 0 Å². The van der Waals surface area contributed by atoms with Gasteiger partial charge in [0.25, 0.3) is 0 Å². The van der Waals surface area contributed by atoms with Crippen molar-refractivity contribution in [1.29, 1.82) is 0 Å². The summed E-state index contributed by atoms with van der Waals surface area (Å²) in [6.07, 6.45) is 0.789. The summed E-state index contributed by atoms with van der Waals surface area (Å²) in [6, 6.07) is 11.8. The molecule has 0 saturated heterocycles. The number of benzene rings is 2. The number of halogens is 3. The number of hydrogen-bond donors (Lipinski definition) is 1. The Bertz CT molecular complexity index is 634. The quantitative estimate of drug-likeness (QED) is 0.753. The molecule has 0 aliphatic rings. The maximum absolute atomic E-state index is 6.11. The highest BCUT2D eigenvalue weighted by Crippen LogP contribution is 2.30. The highest BCUT2D eigenvalue weighted by Gasteiger charge is 2.14. The average molecular weight is 389 g/mol. The molecule has 1 N–H and O–H groups in total. The van der Waals surface area contributed by atoms with Crippen molar-refractivity contribution >= 4 is 39.1 Å². The largest absolute Gasteiger partial charge is 0.496 e. The molecule has 0 amide bonds. The van der Waals surface area contributed by atoms with Crippen LogP contribution < -0.4 is 10.1 Å². The van der Waals surface area contributed by atoms with Crippen molar-refractivity contribution < 1.29 is 4.74 Å². The Kier molecular flexibility index (Phi) is 5.94. The van der Waals surface area contributed by atoms with Gasteiger partial charge in [-0.3, -0.25) is 0 Å². The minimum absolute atomic E-state index is 0.128. The molecule has 2 aromatic rings. The molecule has 21 heavy (non-hydrogen) atoms. The van der Waals surface area contributed by atoms with Crippen LogP contribution in [0.5, 0.6) is 5.75 Å².